The normalized spacial score (nSPS) is 15.5. The first-order chi connectivity index (χ1) is 14.0. The van der Waals surface area contributed by atoms with E-state index in [1.807, 2.05) is 63.8 Å². The van der Waals surface area contributed by atoms with Crippen molar-refractivity contribution in [2.75, 3.05) is 13.1 Å². The Morgan fingerprint density at radius 1 is 1.10 bits per heavy atom. The Hall–Kier alpha value is -2.48. The summed E-state index contributed by atoms with van der Waals surface area (Å²) in [4.78, 5) is 13.7. The molecule has 2 aromatic carbocycles. The lowest BCUT2D eigenvalue weighted by Crippen LogP contribution is -2.39. The monoisotopic (exact) mass is 427 g/mol. The average Bonchev–Trinajstić information content (AvgIpc) is 3.05. The zero-order valence-corrected chi connectivity index (χ0v) is 17.4. The van der Waals surface area contributed by atoms with E-state index in [0.29, 0.717) is 22.3 Å². The van der Waals surface area contributed by atoms with E-state index in [1.165, 1.54) is 0 Å². The number of carbonyl (C=O) groups is 1. The van der Waals surface area contributed by atoms with Gasteiger partial charge in [-0.2, -0.15) is 0 Å². The fraction of sp³-hybridized carbons (Fsp3) is 0.286. The predicted molar refractivity (Wildman–Crippen MR) is 116 cm³/mol. The highest BCUT2D eigenvalue weighted by atomic mass is 35.5. The zero-order valence-electron chi connectivity index (χ0n) is 15.9. The van der Waals surface area contributed by atoms with Crippen molar-refractivity contribution in [3.8, 4) is 17.1 Å². The topological polar surface area (TPSA) is 69.1 Å². The van der Waals surface area contributed by atoms with Crippen LogP contribution in [0.1, 0.15) is 12.8 Å². The van der Waals surface area contributed by atoms with E-state index < -0.39 is 0 Å². The Balaban J connectivity index is 1.70. The Labute approximate surface area is 179 Å². The number of primary amides is 1. The van der Waals surface area contributed by atoms with E-state index in [1.54, 1.807) is 0 Å². The van der Waals surface area contributed by atoms with Gasteiger partial charge in [-0.1, -0.05) is 41.9 Å². The van der Waals surface area contributed by atoms with Gasteiger partial charge in [-0.3, -0.25) is 14.3 Å². The number of piperidine rings is 1. The van der Waals surface area contributed by atoms with E-state index in [9.17, 15) is 4.79 Å². The molecule has 0 radical (unpaired) electrons. The van der Waals surface area contributed by atoms with Crippen molar-refractivity contribution in [3.05, 3.63) is 64.4 Å². The van der Waals surface area contributed by atoms with Crippen LogP contribution in [0, 0.1) is 10.7 Å². The third-order valence-corrected chi connectivity index (χ3v) is 6.02. The lowest BCUT2D eigenvalue weighted by atomic mass is 9.97. The minimum atomic E-state index is -0.212. The SMILES string of the molecule is NC(=O)C1CCN(Cn2nc(-c3ccccc3Cl)n(-c3ccccc3)c2=S)CC1. The molecule has 1 fully saturated rings. The van der Waals surface area contributed by atoms with Gasteiger partial charge in [0.1, 0.15) is 0 Å². The molecule has 0 bridgehead atoms. The largest absolute Gasteiger partial charge is 0.369 e. The van der Waals surface area contributed by atoms with Gasteiger partial charge in [0.25, 0.3) is 0 Å². The molecule has 1 aromatic heterocycles. The highest BCUT2D eigenvalue weighted by molar-refractivity contribution is 7.71. The summed E-state index contributed by atoms with van der Waals surface area (Å²) in [5.74, 6) is 0.453. The van der Waals surface area contributed by atoms with Crippen LogP contribution in [0.15, 0.2) is 54.6 Å². The summed E-state index contributed by atoms with van der Waals surface area (Å²) in [5.41, 5.74) is 7.21. The molecule has 29 heavy (non-hydrogen) atoms. The quantitative estimate of drug-likeness (QED) is 0.627. The van der Waals surface area contributed by atoms with Gasteiger partial charge in [-0.05, 0) is 49.3 Å². The summed E-state index contributed by atoms with van der Waals surface area (Å²) < 4.78 is 4.38. The van der Waals surface area contributed by atoms with E-state index >= 15 is 0 Å². The number of aromatic nitrogens is 3. The third-order valence-electron chi connectivity index (χ3n) is 5.29. The molecule has 3 aromatic rings. The molecule has 2 N–H and O–H groups in total. The van der Waals surface area contributed by atoms with Gasteiger partial charge in [0.15, 0.2) is 5.82 Å². The molecular weight excluding hydrogens is 406 g/mol. The second kappa shape index (κ2) is 8.49. The van der Waals surface area contributed by atoms with Gasteiger partial charge >= 0.3 is 0 Å². The Morgan fingerprint density at radius 2 is 1.76 bits per heavy atom. The standard InChI is InChI=1S/C21H22ClN5OS/c22-18-9-5-4-8-17(18)20-24-26(14-25-12-10-15(11-13-25)19(23)28)21(29)27(20)16-6-2-1-3-7-16/h1-9,15H,10-14H2,(H2,23,28). The van der Waals surface area contributed by atoms with E-state index in [-0.39, 0.29) is 11.8 Å². The fourth-order valence-electron chi connectivity index (χ4n) is 3.67. The Morgan fingerprint density at radius 3 is 2.41 bits per heavy atom. The van der Waals surface area contributed by atoms with E-state index in [0.717, 1.165) is 37.2 Å². The number of para-hydroxylation sites is 1. The van der Waals surface area contributed by atoms with Crippen LogP contribution in [0.2, 0.25) is 5.02 Å². The first-order valence-corrected chi connectivity index (χ1v) is 10.3. The number of nitrogens with two attached hydrogens (primary N) is 1. The number of hydrogen-bond acceptors (Lipinski definition) is 4. The summed E-state index contributed by atoms with van der Waals surface area (Å²) in [6.45, 7) is 2.13. The maximum Gasteiger partial charge on any atom is 0.220 e. The second-order valence-corrected chi connectivity index (χ2v) is 7.96. The van der Waals surface area contributed by atoms with E-state index in [2.05, 4.69) is 4.90 Å². The Bertz CT molecular complexity index is 1070. The van der Waals surface area contributed by atoms with E-state index in [4.69, 9.17) is 34.7 Å². The number of carbonyl (C=O) groups excluding carboxylic acids is 1. The summed E-state index contributed by atoms with van der Waals surface area (Å²) in [7, 11) is 0. The second-order valence-electron chi connectivity index (χ2n) is 7.19. The van der Waals surface area contributed by atoms with Crippen molar-refractivity contribution in [1.29, 1.82) is 0 Å². The number of halogens is 1. The van der Waals surface area contributed by atoms with Crippen LogP contribution in [-0.4, -0.2) is 38.2 Å². The van der Waals surface area contributed by atoms with Crippen molar-refractivity contribution < 1.29 is 4.79 Å². The average molecular weight is 428 g/mol. The minimum absolute atomic E-state index is 0.0419. The van der Waals surface area contributed by atoms with Gasteiger partial charge in [-0.15, -0.1) is 5.10 Å². The van der Waals surface area contributed by atoms with Crippen LogP contribution >= 0.6 is 23.8 Å². The molecule has 1 amide bonds. The fourth-order valence-corrected chi connectivity index (χ4v) is 4.19. The van der Waals surface area contributed by atoms with Crippen LogP contribution < -0.4 is 5.73 Å². The summed E-state index contributed by atoms with van der Waals surface area (Å²) >= 11 is 12.3. The molecule has 1 aliphatic heterocycles. The van der Waals surface area contributed by atoms with Crippen LogP contribution in [-0.2, 0) is 11.5 Å². The van der Waals surface area contributed by atoms with Gasteiger partial charge in [0, 0.05) is 30.3 Å². The lowest BCUT2D eigenvalue weighted by Gasteiger charge is -2.29. The van der Waals surface area contributed by atoms with Crippen LogP contribution in [0.3, 0.4) is 0 Å². The molecule has 0 unspecified atom stereocenters. The van der Waals surface area contributed by atoms with Gasteiger partial charge in [-0.25, -0.2) is 4.68 Å². The number of rotatable bonds is 5. The summed E-state index contributed by atoms with van der Waals surface area (Å²) in [6.07, 6.45) is 1.53. The number of nitrogens with zero attached hydrogens (tertiary/aromatic N) is 4. The molecule has 0 atom stereocenters. The van der Waals surface area contributed by atoms with Gasteiger partial charge in [0.2, 0.25) is 10.7 Å². The van der Waals surface area contributed by atoms with Crippen molar-refractivity contribution in [3.63, 3.8) is 0 Å². The van der Waals surface area contributed by atoms with Crippen LogP contribution in [0.25, 0.3) is 17.1 Å². The first kappa shape index (κ1) is 19.8. The van der Waals surface area contributed by atoms with Crippen LogP contribution in [0.5, 0.6) is 0 Å². The number of benzene rings is 2. The number of amides is 1. The van der Waals surface area contributed by atoms with Crippen LogP contribution in [0.4, 0.5) is 0 Å². The third kappa shape index (κ3) is 4.12. The van der Waals surface area contributed by atoms with Crippen molar-refractivity contribution >= 4 is 29.7 Å². The van der Waals surface area contributed by atoms with Crippen molar-refractivity contribution in [1.82, 2.24) is 19.2 Å². The molecule has 8 heteroatoms. The molecule has 2 heterocycles. The summed E-state index contributed by atoms with van der Waals surface area (Å²) in [6, 6.07) is 17.5. The Kier molecular flexibility index (Phi) is 5.80. The molecule has 150 valence electrons. The highest BCUT2D eigenvalue weighted by Gasteiger charge is 2.24. The number of likely N-dealkylation sites (tertiary alicyclic amines) is 1. The van der Waals surface area contributed by atoms with Crippen molar-refractivity contribution in [2.24, 2.45) is 11.7 Å². The molecule has 4 rings (SSSR count). The molecule has 6 nitrogen and oxygen atoms in total. The zero-order chi connectivity index (χ0) is 20.4. The summed E-state index contributed by atoms with van der Waals surface area (Å²) in [5, 5.41) is 5.45. The predicted octanol–water partition coefficient (Wildman–Crippen LogP) is 3.88. The molecule has 1 aliphatic rings. The molecule has 0 spiro atoms. The maximum absolute atomic E-state index is 11.4. The highest BCUT2D eigenvalue weighted by Crippen LogP contribution is 2.29. The smallest absolute Gasteiger partial charge is 0.220 e. The lowest BCUT2D eigenvalue weighted by molar-refractivity contribution is -0.123. The van der Waals surface area contributed by atoms with Gasteiger partial charge in [0.05, 0.1) is 11.7 Å². The molecule has 0 saturated carbocycles. The molecule has 0 aliphatic carbocycles. The van der Waals surface area contributed by atoms with Gasteiger partial charge < -0.3 is 5.73 Å². The molecule has 1 saturated heterocycles. The maximum atomic E-state index is 11.4. The first-order valence-electron chi connectivity index (χ1n) is 9.56. The number of hydrogen-bond donors (Lipinski definition) is 1. The minimum Gasteiger partial charge on any atom is -0.369 e. The van der Waals surface area contributed by atoms with Crippen molar-refractivity contribution in [2.45, 2.75) is 19.5 Å². The molecular formula is C21H22ClN5OS.